The Morgan fingerprint density at radius 2 is 1.79 bits per heavy atom. The Morgan fingerprint density at radius 3 is 2.54 bits per heavy atom. The Bertz CT molecular complexity index is 1110. The number of benzene rings is 2. The molecule has 1 aromatic heterocycles. The van der Waals surface area contributed by atoms with Crippen LogP contribution in [0.1, 0.15) is 21.5 Å². The van der Waals surface area contributed by atoms with Gasteiger partial charge in [-0.2, -0.15) is 0 Å². The van der Waals surface area contributed by atoms with Crippen molar-refractivity contribution in [2.75, 3.05) is 31.1 Å². The predicted molar refractivity (Wildman–Crippen MR) is 112 cm³/mol. The molecule has 0 bridgehead atoms. The maximum Gasteiger partial charge on any atom is 0.349 e. The maximum absolute atomic E-state index is 12.9. The van der Waals surface area contributed by atoms with Gasteiger partial charge in [-0.05, 0) is 55.3 Å². The molecule has 2 aromatic carbocycles. The Morgan fingerprint density at radius 1 is 1.04 bits per heavy atom. The number of fused-ring (bicyclic) bond motifs is 1. The molecule has 1 aliphatic heterocycles. The van der Waals surface area contributed by atoms with E-state index in [1.165, 1.54) is 16.8 Å². The van der Waals surface area contributed by atoms with Crippen molar-refractivity contribution in [3.8, 4) is 0 Å². The van der Waals surface area contributed by atoms with Crippen LogP contribution in [0.4, 0.5) is 5.69 Å². The van der Waals surface area contributed by atoms with Crippen LogP contribution in [0.3, 0.4) is 0 Å². The molecule has 2 heterocycles. The zero-order chi connectivity index (χ0) is 19.8. The van der Waals surface area contributed by atoms with Crippen LogP contribution in [0.2, 0.25) is 5.02 Å². The third kappa shape index (κ3) is 3.38. The molecule has 0 aliphatic carbocycles. The van der Waals surface area contributed by atoms with Crippen molar-refractivity contribution >= 4 is 34.2 Å². The van der Waals surface area contributed by atoms with Gasteiger partial charge in [-0.25, -0.2) is 4.79 Å². The van der Waals surface area contributed by atoms with E-state index in [0.29, 0.717) is 29.1 Å². The lowest BCUT2D eigenvalue weighted by molar-refractivity contribution is 0.0742. The molecule has 0 N–H and O–H groups in total. The van der Waals surface area contributed by atoms with Crippen LogP contribution in [-0.2, 0) is 0 Å². The van der Waals surface area contributed by atoms with Crippen molar-refractivity contribution in [3.63, 3.8) is 0 Å². The number of carbonyl (C=O) groups excluding carboxylic acids is 1. The van der Waals surface area contributed by atoms with E-state index < -0.39 is 5.63 Å². The first-order valence-corrected chi connectivity index (χ1v) is 9.65. The number of hydrogen-bond acceptors (Lipinski definition) is 4. The van der Waals surface area contributed by atoms with Crippen LogP contribution < -0.4 is 10.5 Å². The molecular weight excluding hydrogens is 376 g/mol. The number of anilines is 1. The van der Waals surface area contributed by atoms with Gasteiger partial charge in [-0.15, -0.1) is 0 Å². The zero-order valence-electron chi connectivity index (χ0n) is 15.9. The van der Waals surface area contributed by atoms with Crippen molar-refractivity contribution in [2.24, 2.45) is 0 Å². The van der Waals surface area contributed by atoms with Crippen molar-refractivity contribution < 1.29 is 9.21 Å². The van der Waals surface area contributed by atoms with E-state index in [2.05, 4.69) is 36.9 Å². The average molecular weight is 397 g/mol. The van der Waals surface area contributed by atoms with Gasteiger partial charge < -0.3 is 14.2 Å². The molecule has 0 radical (unpaired) electrons. The molecule has 1 aliphatic rings. The summed E-state index contributed by atoms with van der Waals surface area (Å²) >= 11 is 6.02. The average Bonchev–Trinajstić information content (AvgIpc) is 2.69. The monoisotopic (exact) mass is 396 g/mol. The molecule has 4 rings (SSSR count). The van der Waals surface area contributed by atoms with Crippen LogP contribution in [0.25, 0.3) is 11.0 Å². The number of hydrogen-bond donors (Lipinski definition) is 0. The first-order chi connectivity index (χ1) is 13.4. The summed E-state index contributed by atoms with van der Waals surface area (Å²) in [4.78, 5) is 29.2. The van der Waals surface area contributed by atoms with Gasteiger partial charge in [-0.3, -0.25) is 4.79 Å². The first-order valence-electron chi connectivity index (χ1n) is 9.28. The molecular formula is C22H21ClN2O3. The fourth-order valence-electron chi connectivity index (χ4n) is 3.64. The lowest BCUT2D eigenvalue weighted by Gasteiger charge is -2.37. The van der Waals surface area contributed by atoms with Crippen molar-refractivity contribution in [1.29, 1.82) is 0 Å². The molecule has 28 heavy (non-hydrogen) atoms. The van der Waals surface area contributed by atoms with E-state index in [0.717, 1.165) is 13.1 Å². The molecule has 144 valence electrons. The number of carbonyl (C=O) groups is 1. The third-order valence-electron chi connectivity index (χ3n) is 5.41. The predicted octanol–water partition coefficient (Wildman–Crippen LogP) is 4.03. The largest absolute Gasteiger partial charge is 0.422 e. The van der Waals surface area contributed by atoms with Crippen molar-refractivity contribution in [2.45, 2.75) is 13.8 Å². The zero-order valence-corrected chi connectivity index (χ0v) is 16.6. The van der Waals surface area contributed by atoms with Gasteiger partial charge in [0.1, 0.15) is 11.1 Å². The fraction of sp³-hybridized carbons (Fsp3) is 0.273. The second-order valence-electron chi connectivity index (χ2n) is 7.13. The van der Waals surface area contributed by atoms with Crippen LogP contribution in [0, 0.1) is 13.8 Å². The molecule has 0 spiro atoms. The molecule has 5 nitrogen and oxygen atoms in total. The Labute approximate surface area is 168 Å². The highest BCUT2D eigenvalue weighted by Crippen LogP contribution is 2.24. The summed E-state index contributed by atoms with van der Waals surface area (Å²) in [6.45, 7) is 6.78. The summed E-state index contributed by atoms with van der Waals surface area (Å²) in [5, 5.41) is 1.17. The van der Waals surface area contributed by atoms with E-state index in [1.807, 2.05) is 0 Å². The summed E-state index contributed by atoms with van der Waals surface area (Å²) in [5.41, 5.74) is 3.57. The summed E-state index contributed by atoms with van der Waals surface area (Å²) in [5.74, 6) is -0.295. The number of rotatable bonds is 2. The van der Waals surface area contributed by atoms with Crippen molar-refractivity contribution in [3.05, 3.63) is 74.6 Å². The molecule has 1 saturated heterocycles. The van der Waals surface area contributed by atoms with Gasteiger partial charge in [0.25, 0.3) is 5.91 Å². The molecule has 1 fully saturated rings. The van der Waals surface area contributed by atoms with Gasteiger partial charge in [0.2, 0.25) is 0 Å². The molecule has 1 amide bonds. The van der Waals surface area contributed by atoms with Crippen LogP contribution in [0.5, 0.6) is 0 Å². The molecule has 6 heteroatoms. The van der Waals surface area contributed by atoms with E-state index in [1.54, 1.807) is 29.2 Å². The van der Waals surface area contributed by atoms with Crippen LogP contribution in [0.15, 0.2) is 51.7 Å². The van der Waals surface area contributed by atoms with Gasteiger partial charge in [-0.1, -0.05) is 23.7 Å². The number of nitrogens with zero attached hydrogens (tertiary/aromatic N) is 2. The summed E-state index contributed by atoms with van der Waals surface area (Å²) in [6.07, 6.45) is 0. The second-order valence-corrected chi connectivity index (χ2v) is 7.56. The number of aryl methyl sites for hydroxylation is 1. The van der Waals surface area contributed by atoms with Crippen LogP contribution in [-0.4, -0.2) is 37.0 Å². The highest BCUT2D eigenvalue weighted by atomic mass is 35.5. The number of halogens is 1. The van der Waals surface area contributed by atoms with Gasteiger partial charge in [0, 0.05) is 42.3 Å². The maximum atomic E-state index is 12.9. The molecule has 3 aromatic rings. The quantitative estimate of drug-likeness (QED) is 0.614. The Kier molecular flexibility index (Phi) is 4.85. The molecule has 0 atom stereocenters. The fourth-order valence-corrected chi connectivity index (χ4v) is 3.82. The topological polar surface area (TPSA) is 53.8 Å². The highest BCUT2D eigenvalue weighted by molar-refractivity contribution is 6.31. The van der Waals surface area contributed by atoms with E-state index in [-0.39, 0.29) is 11.5 Å². The minimum Gasteiger partial charge on any atom is -0.422 e. The van der Waals surface area contributed by atoms with Gasteiger partial charge in [0.15, 0.2) is 0 Å². The normalized spacial score (nSPS) is 14.5. The first kappa shape index (κ1) is 18.6. The highest BCUT2D eigenvalue weighted by Gasteiger charge is 2.25. The SMILES string of the molecule is Cc1cccc(N2CCN(C(=O)c3cc4cc(Cl)ccc4oc3=O)CC2)c1C. The Hall–Kier alpha value is -2.79. The third-order valence-corrected chi connectivity index (χ3v) is 5.64. The van der Waals surface area contributed by atoms with Crippen LogP contribution >= 0.6 is 11.6 Å². The second kappa shape index (κ2) is 7.32. The summed E-state index contributed by atoms with van der Waals surface area (Å²) in [6, 6.07) is 12.8. The van der Waals surface area contributed by atoms with E-state index in [9.17, 15) is 9.59 Å². The minimum absolute atomic E-state index is 0.0509. The van der Waals surface area contributed by atoms with Gasteiger partial charge >= 0.3 is 5.63 Å². The Balaban J connectivity index is 1.54. The molecule has 0 unspecified atom stereocenters. The lowest BCUT2D eigenvalue weighted by Crippen LogP contribution is -2.49. The van der Waals surface area contributed by atoms with Crippen molar-refractivity contribution in [1.82, 2.24) is 4.90 Å². The number of piperazine rings is 1. The summed E-state index contributed by atoms with van der Waals surface area (Å²) < 4.78 is 5.31. The summed E-state index contributed by atoms with van der Waals surface area (Å²) in [7, 11) is 0. The smallest absolute Gasteiger partial charge is 0.349 e. The molecule has 0 saturated carbocycles. The lowest BCUT2D eigenvalue weighted by atomic mass is 10.1. The number of amides is 1. The van der Waals surface area contributed by atoms with Gasteiger partial charge in [0.05, 0.1) is 0 Å². The van der Waals surface area contributed by atoms with E-state index in [4.69, 9.17) is 16.0 Å². The minimum atomic E-state index is -0.614. The standard InChI is InChI=1S/C22H21ClN2O3/c1-14-4-3-5-19(15(14)2)24-8-10-25(11-9-24)21(26)18-13-16-12-17(23)6-7-20(16)28-22(18)27/h3-7,12-13H,8-11H2,1-2H3. The van der Waals surface area contributed by atoms with E-state index >= 15 is 0 Å².